The molecule has 3 rings (SSSR count). The zero-order valence-corrected chi connectivity index (χ0v) is 14.2. The highest BCUT2D eigenvalue weighted by atomic mass is 32.1. The van der Waals surface area contributed by atoms with Gasteiger partial charge in [-0.25, -0.2) is 15.0 Å². The smallest absolute Gasteiger partial charge is 0.271 e. The summed E-state index contributed by atoms with van der Waals surface area (Å²) in [7, 11) is 0. The number of carbonyl (C=O) groups is 1. The second kappa shape index (κ2) is 6.08. The third-order valence-corrected chi connectivity index (χ3v) is 4.32. The molecule has 0 saturated carbocycles. The van der Waals surface area contributed by atoms with Crippen molar-refractivity contribution in [3.63, 3.8) is 0 Å². The summed E-state index contributed by atoms with van der Waals surface area (Å²) in [5.74, 6) is 0.329. The van der Waals surface area contributed by atoms with E-state index in [1.165, 1.54) is 0 Å². The monoisotopic (exact) mass is 329 g/mol. The quantitative estimate of drug-likeness (QED) is 0.798. The van der Waals surface area contributed by atoms with Crippen LogP contribution in [0.1, 0.15) is 42.0 Å². The standard InChI is InChI=1S/C16H19N5OS/c1-16(2,3)12-10-23-13(20-12)5-7-17-14(22)11-9-21-8-4-6-18-15(21)19-11/h4,6,8-10H,5,7H2,1-3H3,(H,17,22). The Labute approximate surface area is 138 Å². The maximum atomic E-state index is 12.1. The molecule has 23 heavy (non-hydrogen) atoms. The molecule has 7 heteroatoms. The Hall–Kier alpha value is -2.28. The highest BCUT2D eigenvalue weighted by molar-refractivity contribution is 7.09. The Kier molecular flexibility index (Phi) is 4.12. The average Bonchev–Trinajstić information content (AvgIpc) is 3.13. The van der Waals surface area contributed by atoms with E-state index >= 15 is 0 Å². The minimum atomic E-state index is -0.192. The molecule has 120 valence electrons. The summed E-state index contributed by atoms with van der Waals surface area (Å²) in [4.78, 5) is 25.1. The van der Waals surface area contributed by atoms with E-state index in [2.05, 4.69) is 46.4 Å². The first kappa shape index (κ1) is 15.6. The first-order valence-corrected chi connectivity index (χ1v) is 8.34. The molecule has 0 saturated heterocycles. The fourth-order valence-corrected chi connectivity index (χ4v) is 3.11. The molecule has 0 spiro atoms. The van der Waals surface area contributed by atoms with E-state index in [9.17, 15) is 4.79 Å². The number of nitrogens with zero attached hydrogens (tertiary/aromatic N) is 4. The lowest BCUT2D eigenvalue weighted by molar-refractivity contribution is 0.0949. The van der Waals surface area contributed by atoms with Crippen molar-refractivity contribution in [3.05, 3.63) is 46.4 Å². The number of amides is 1. The van der Waals surface area contributed by atoms with E-state index in [0.29, 0.717) is 18.0 Å². The highest BCUT2D eigenvalue weighted by Gasteiger charge is 2.17. The van der Waals surface area contributed by atoms with Gasteiger partial charge in [-0.1, -0.05) is 20.8 Å². The molecule has 3 aromatic rings. The number of fused-ring (bicyclic) bond motifs is 1. The second-order valence-electron chi connectivity index (χ2n) is 6.34. The number of carbonyl (C=O) groups excluding carboxylic acids is 1. The van der Waals surface area contributed by atoms with E-state index < -0.39 is 0 Å². The van der Waals surface area contributed by atoms with Crippen LogP contribution in [0.15, 0.2) is 30.0 Å². The van der Waals surface area contributed by atoms with Gasteiger partial charge in [0.25, 0.3) is 5.91 Å². The van der Waals surface area contributed by atoms with Crippen molar-refractivity contribution in [2.24, 2.45) is 0 Å². The largest absolute Gasteiger partial charge is 0.350 e. The number of nitrogens with one attached hydrogen (secondary N) is 1. The van der Waals surface area contributed by atoms with Gasteiger partial charge in [-0.15, -0.1) is 11.3 Å². The minimum absolute atomic E-state index is 0.0571. The van der Waals surface area contributed by atoms with Gasteiger partial charge < -0.3 is 5.32 Å². The van der Waals surface area contributed by atoms with Crippen LogP contribution in [-0.2, 0) is 11.8 Å². The fraction of sp³-hybridized carbons (Fsp3) is 0.375. The summed E-state index contributed by atoms with van der Waals surface area (Å²) in [6, 6.07) is 1.80. The van der Waals surface area contributed by atoms with E-state index in [1.807, 2.05) is 6.20 Å². The van der Waals surface area contributed by atoms with E-state index in [-0.39, 0.29) is 11.3 Å². The maximum Gasteiger partial charge on any atom is 0.271 e. The predicted octanol–water partition coefficient (Wildman–Crippen LogP) is 2.46. The predicted molar refractivity (Wildman–Crippen MR) is 89.8 cm³/mol. The fourth-order valence-electron chi connectivity index (χ4n) is 2.08. The molecule has 0 aliphatic rings. The van der Waals surface area contributed by atoms with Gasteiger partial charge in [0.2, 0.25) is 5.78 Å². The molecular formula is C16H19N5OS. The highest BCUT2D eigenvalue weighted by Crippen LogP contribution is 2.23. The van der Waals surface area contributed by atoms with Gasteiger partial charge in [-0.3, -0.25) is 9.20 Å². The molecule has 0 aliphatic heterocycles. The van der Waals surface area contributed by atoms with Gasteiger partial charge in [0.15, 0.2) is 0 Å². The Morgan fingerprint density at radius 2 is 2.17 bits per heavy atom. The lowest BCUT2D eigenvalue weighted by Crippen LogP contribution is -2.26. The summed E-state index contributed by atoms with van der Waals surface area (Å²) in [6.07, 6.45) is 5.87. The van der Waals surface area contributed by atoms with Crippen molar-refractivity contribution in [3.8, 4) is 0 Å². The van der Waals surface area contributed by atoms with Gasteiger partial charge in [0, 0.05) is 42.4 Å². The summed E-state index contributed by atoms with van der Waals surface area (Å²) >= 11 is 1.64. The molecule has 0 unspecified atom stereocenters. The average molecular weight is 329 g/mol. The van der Waals surface area contributed by atoms with Gasteiger partial charge in [-0.05, 0) is 6.07 Å². The summed E-state index contributed by atoms with van der Waals surface area (Å²) in [6.45, 7) is 6.97. The lowest BCUT2D eigenvalue weighted by atomic mass is 9.93. The summed E-state index contributed by atoms with van der Waals surface area (Å²) < 4.78 is 1.73. The van der Waals surface area contributed by atoms with Crippen LogP contribution in [0.3, 0.4) is 0 Å². The van der Waals surface area contributed by atoms with Crippen LogP contribution in [0.4, 0.5) is 0 Å². The zero-order chi connectivity index (χ0) is 16.4. The first-order chi connectivity index (χ1) is 10.9. The van der Waals surface area contributed by atoms with Crippen LogP contribution in [-0.4, -0.2) is 31.8 Å². The Bertz CT molecular complexity index is 797. The van der Waals surface area contributed by atoms with Crippen LogP contribution >= 0.6 is 11.3 Å². The van der Waals surface area contributed by atoms with Crippen molar-refractivity contribution in [2.45, 2.75) is 32.6 Å². The molecule has 0 aliphatic carbocycles. The normalized spacial score (nSPS) is 11.8. The van der Waals surface area contributed by atoms with Crippen molar-refractivity contribution < 1.29 is 4.79 Å². The molecule has 3 aromatic heterocycles. The topological polar surface area (TPSA) is 72.2 Å². The van der Waals surface area contributed by atoms with E-state index in [0.717, 1.165) is 17.1 Å². The molecule has 1 N–H and O–H groups in total. The molecule has 0 aromatic carbocycles. The second-order valence-corrected chi connectivity index (χ2v) is 7.28. The molecular weight excluding hydrogens is 310 g/mol. The molecule has 0 radical (unpaired) electrons. The van der Waals surface area contributed by atoms with Crippen LogP contribution in [0.25, 0.3) is 5.78 Å². The van der Waals surface area contributed by atoms with Crippen molar-refractivity contribution >= 4 is 23.0 Å². The lowest BCUT2D eigenvalue weighted by Gasteiger charge is -2.14. The summed E-state index contributed by atoms with van der Waals surface area (Å²) in [5, 5.41) is 6.00. The Balaban J connectivity index is 1.58. The van der Waals surface area contributed by atoms with Crippen molar-refractivity contribution in [1.29, 1.82) is 0 Å². The first-order valence-electron chi connectivity index (χ1n) is 7.46. The Morgan fingerprint density at radius 3 is 2.87 bits per heavy atom. The van der Waals surface area contributed by atoms with Crippen LogP contribution in [0, 0.1) is 0 Å². The number of thiazole rings is 1. The molecule has 0 atom stereocenters. The van der Waals surface area contributed by atoms with Crippen molar-refractivity contribution in [2.75, 3.05) is 6.54 Å². The molecule has 0 fully saturated rings. The number of imidazole rings is 1. The Morgan fingerprint density at radius 1 is 1.35 bits per heavy atom. The van der Waals surface area contributed by atoms with E-state index in [1.54, 1.807) is 34.2 Å². The van der Waals surface area contributed by atoms with Gasteiger partial charge in [0.05, 0.1) is 10.7 Å². The zero-order valence-electron chi connectivity index (χ0n) is 13.4. The number of hydrogen-bond acceptors (Lipinski definition) is 5. The van der Waals surface area contributed by atoms with Crippen LogP contribution in [0.2, 0.25) is 0 Å². The minimum Gasteiger partial charge on any atom is -0.350 e. The summed E-state index contributed by atoms with van der Waals surface area (Å²) in [5.41, 5.74) is 1.52. The van der Waals surface area contributed by atoms with Gasteiger partial charge >= 0.3 is 0 Å². The maximum absolute atomic E-state index is 12.1. The number of aromatic nitrogens is 4. The number of hydrogen-bond donors (Lipinski definition) is 1. The molecule has 3 heterocycles. The third-order valence-electron chi connectivity index (χ3n) is 3.41. The van der Waals surface area contributed by atoms with Crippen molar-refractivity contribution in [1.82, 2.24) is 24.7 Å². The van der Waals surface area contributed by atoms with Crippen LogP contribution < -0.4 is 5.32 Å². The number of rotatable bonds is 4. The van der Waals surface area contributed by atoms with Gasteiger partial charge in [0.1, 0.15) is 5.69 Å². The SMILES string of the molecule is CC(C)(C)c1csc(CCNC(=O)c2cn3cccnc3n2)n1. The van der Waals surface area contributed by atoms with E-state index in [4.69, 9.17) is 0 Å². The third kappa shape index (κ3) is 3.56. The molecule has 1 amide bonds. The molecule has 6 nitrogen and oxygen atoms in total. The van der Waals surface area contributed by atoms with Crippen LogP contribution in [0.5, 0.6) is 0 Å². The van der Waals surface area contributed by atoms with Gasteiger partial charge in [-0.2, -0.15) is 0 Å². The molecule has 0 bridgehead atoms.